The fourth-order valence-corrected chi connectivity index (χ4v) is 5.95. The minimum absolute atomic E-state index is 0.0172. The van der Waals surface area contributed by atoms with Crippen LogP contribution in [0.15, 0.2) is 85.5 Å². The Labute approximate surface area is 264 Å². The molecule has 0 aromatic heterocycles. The van der Waals surface area contributed by atoms with Gasteiger partial charge in [0, 0.05) is 36.4 Å². The average molecular weight is 614 g/mol. The topological polar surface area (TPSA) is 145 Å². The molecule has 0 bridgehead atoms. The number of carbonyl (C=O) groups excluding carboxylic acids is 3. The first-order valence-electron chi connectivity index (χ1n) is 15.2. The van der Waals surface area contributed by atoms with Crippen LogP contribution in [-0.4, -0.2) is 74.5 Å². The van der Waals surface area contributed by atoms with E-state index in [0.29, 0.717) is 41.8 Å². The number of phenolic OH excluding ortho intramolecular Hbond substituents is 2. The first kappa shape index (κ1) is 32.9. The highest BCUT2D eigenvalue weighted by atomic mass is 16.3. The van der Waals surface area contributed by atoms with Gasteiger partial charge in [-0.15, -0.1) is 0 Å². The largest absolute Gasteiger partial charge is 0.508 e. The fourth-order valence-electron chi connectivity index (χ4n) is 5.95. The van der Waals surface area contributed by atoms with Crippen molar-refractivity contribution in [2.75, 3.05) is 25.0 Å². The summed E-state index contributed by atoms with van der Waals surface area (Å²) in [5.41, 5.74) is 9.36. The summed E-state index contributed by atoms with van der Waals surface area (Å²) in [6.07, 6.45) is 3.35. The van der Waals surface area contributed by atoms with Crippen LogP contribution in [0.3, 0.4) is 0 Å². The van der Waals surface area contributed by atoms with Crippen LogP contribution in [0.4, 0.5) is 10.5 Å². The predicted octanol–water partition coefficient (Wildman–Crippen LogP) is 4.31. The molecule has 1 saturated heterocycles. The van der Waals surface area contributed by atoms with Crippen LogP contribution in [-0.2, 0) is 17.8 Å². The number of nitrogens with two attached hydrogens (primary N) is 1. The molecule has 0 spiro atoms. The van der Waals surface area contributed by atoms with Crippen LogP contribution in [0.5, 0.6) is 11.5 Å². The van der Waals surface area contributed by atoms with E-state index < -0.39 is 18.0 Å². The van der Waals surface area contributed by atoms with Crippen molar-refractivity contribution in [2.45, 2.75) is 51.7 Å². The van der Waals surface area contributed by atoms with E-state index in [1.54, 1.807) is 48.5 Å². The molecule has 0 aliphatic carbocycles. The van der Waals surface area contributed by atoms with E-state index in [2.05, 4.69) is 17.2 Å². The van der Waals surface area contributed by atoms with Crippen LogP contribution >= 0.6 is 0 Å². The Kier molecular flexibility index (Phi) is 10.7. The number of anilines is 1. The van der Waals surface area contributed by atoms with E-state index in [-0.39, 0.29) is 29.9 Å². The molecular weight excluding hydrogens is 570 g/mol. The smallest absolute Gasteiger partial charge is 0.496 e. The van der Waals surface area contributed by atoms with Gasteiger partial charge in [-0.3, -0.25) is 9.59 Å². The molecule has 10 heteroatoms. The number of nitrogens with zero attached hydrogens (tertiary/aromatic N) is 2. The van der Waals surface area contributed by atoms with Gasteiger partial charge in [0.1, 0.15) is 36.0 Å². The van der Waals surface area contributed by atoms with Crippen LogP contribution in [0.1, 0.15) is 48.2 Å². The lowest BCUT2D eigenvalue weighted by Crippen LogP contribution is -2.58. The Morgan fingerprint density at radius 1 is 1.00 bits per heavy atom. The highest BCUT2D eigenvalue weighted by molar-refractivity contribution is 5.96. The number of primary amides is 1. The number of benzene rings is 3. The van der Waals surface area contributed by atoms with Gasteiger partial charge in [0.15, 0.2) is 6.04 Å². The van der Waals surface area contributed by atoms with Crippen molar-refractivity contribution in [3.8, 4) is 11.5 Å². The standard InChI is InChI=1S/C35H41N5O5/c1-4-18-40(22-26-7-5-9-31(42)20-26)19-6-8-29(23-40)39(32(33(36)43)21-25-10-16-30(41)17-11-25)35(45)38-28-14-12-27(13-15-28)34(44)37-24(2)3/h4-5,7,9-17,20,24,32H,1,6,8,18-19,21-23H2,2-3H3,(H4-2,36,37,38,41,42,43,44,45)/p+2/b39-29+/t32-,40?/m0/s1. The minimum Gasteiger partial charge on any atom is -0.508 e. The van der Waals surface area contributed by atoms with E-state index >= 15 is 0 Å². The van der Waals surface area contributed by atoms with Crippen molar-refractivity contribution >= 4 is 29.2 Å². The molecule has 1 aliphatic heterocycles. The lowest BCUT2D eigenvalue weighted by Gasteiger charge is -2.41. The molecule has 0 saturated carbocycles. The lowest BCUT2D eigenvalue weighted by molar-refractivity contribution is -0.931. The number of aromatic hydroxyl groups is 2. The number of rotatable bonds is 11. The maximum atomic E-state index is 14.1. The first-order chi connectivity index (χ1) is 21.5. The molecule has 2 atom stereocenters. The Balaban J connectivity index is 1.73. The number of phenols is 2. The molecule has 236 valence electrons. The van der Waals surface area contributed by atoms with Gasteiger partial charge in [0.2, 0.25) is 0 Å². The predicted molar refractivity (Wildman–Crippen MR) is 174 cm³/mol. The van der Waals surface area contributed by atoms with Crippen molar-refractivity contribution in [1.29, 1.82) is 0 Å². The van der Waals surface area contributed by atoms with Crippen LogP contribution in [0.25, 0.3) is 0 Å². The molecule has 3 aromatic carbocycles. The van der Waals surface area contributed by atoms with Gasteiger partial charge < -0.3 is 25.7 Å². The first-order valence-corrected chi connectivity index (χ1v) is 15.2. The molecule has 45 heavy (non-hydrogen) atoms. The van der Waals surface area contributed by atoms with Crippen molar-refractivity contribution in [2.24, 2.45) is 5.73 Å². The van der Waals surface area contributed by atoms with Crippen molar-refractivity contribution in [1.82, 2.24) is 5.32 Å². The number of nitrogens with one attached hydrogen (secondary N) is 2. The number of carbonyl (C=O) groups is 3. The molecular formula is C35H43N5O5+2. The third-order valence-corrected chi connectivity index (χ3v) is 7.94. The van der Waals surface area contributed by atoms with Gasteiger partial charge in [0.05, 0.1) is 13.1 Å². The quantitative estimate of drug-likeness (QED) is 0.124. The van der Waals surface area contributed by atoms with E-state index in [9.17, 15) is 24.6 Å². The van der Waals surface area contributed by atoms with Gasteiger partial charge in [-0.25, -0.2) is 5.32 Å². The monoisotopic (exact) mass is 613 g/mol. The molecule has 4 rings (SSSR count). The molecule has 4 amide bonds. The number of amides is 4. The lowest BCUT2D eigenvalue weighted by atomic mass is 10.00. The average Bonchev–Trinajstić information content (AvgIpc) is 2.98. The van der Waals surface area contributed by atoms with Crippen LogP contribution in [0, 0.1) is 0 Å². The van der Waals surface area contributed by atoms with Crippen molar-refractivity contribution in [3.63, 3.8) is 0 Å². The zero-order valence-electron chi connectivity index (χ0n) is 25.9. The third kappa shape index (κ3) is 8.79. The second kappa shape index (κ2) is 14.7. The Hall–Kier alpha value is -4.96. The molecule has 6 N–H and O–H groups in total. The highest BCUT2D eigenvalue weighted by Gasteiger charge is 2.40. The molecule has 0 radical (unpaired) electrons. The summed E-state index contributed by atoms with van der Waals surface area (Å²) in [5.74, 6) is -0.601. The van der Waals surface area contributed by atoms with Gasteiger partial charge in [-0.1, -0.05) is 30.8 Å². The van der Waals surface area contributed by atoms with Crippen LogP contribution < -0.4 is 16.4 Å². The maximum Gasteiger partial charge on any atom is 0.496 e. The number of quaternary nitrogens is 1. The summed E-state index contributed by atoms with van der Waals surface area (Å²) in [6.45, 7) is 10.2. The Morgan fingerprint density at radius 2 is 1.71 bits per heavy atom. The molecule has 1 fully saturated rings. The number of hydrogen-bond donors (Lipinski definition) is 5. The molecule has 10 nitrogen and oxygen atoms in total. The zero-order chi connectivity index (χ0) is 32.6. The second-order valence-corrected chi connectivity index (χ2v) is 12.0. The van der Waals surface area contributed by atoms with Gasteiger partial charge in [-0.05, 0) is 74.0 Å². The van der Waals surface area contributed by atoms with Gasteiger partial charge >= 0.3 is 6.03 Å². The van der Waals surface area contributed by atoms with Crippen molar-refractivity contribution < 1.29 is 33.7 Å². The van der Waals surface area contributed by atoms with E-state index in [4.69, 9.17) is 5.73 Å². The number of urea groups is 1. The van der Waals surface area contributed by atoms with E-state index in [0.717, 1.165) is 29.8 Å². The summed E-state index contributed by atoms with van der Waals surface area (Å²) < 4.78 is 2.04. The highest BCUT2D eigenvalue weighted by Crippen LogP contribution is 2.25. The summed E-state index contributed by atoms with van der Waals surface area (Å²) >= 11 is 0. The minimum atomic E-state index is -1.01. The Morgan fingerprint density at radius 3 is 2.33 bits per heavy atom. The molecule has 1 unspecified atom stereocenters. The van der Waals surface area contributed by atoms with E-state index in [1.807, 2.05) is 32.1 Å². The normalized spacial score (nSPS) is 18.1. The summed E-state index contributed by atoms with van der Waals surface area (Å²) in [4.78, 5) is 39.7. The Bertz CT molecular complexity index is 1570. The third-order valence-electron chi connectivity index (χ3n) is 7.94. The molecule has 1 aliphatic rings. The van der Waals surface area contributed by atoms with E-state index in [1.165, 1.54) is 16.7 Å². The number of hydrogen-bond acceptors (Lipinski definition) is 5. The molecule has 1 heterocycles. The van der Waals surface area contributed by atoms with Gasteiger partial charge in [0.25, 0.3) is 11.8 Å². The van der Waals surface area contributed by atoms with Crippen molar-refractivity contribution in [3.05, 3.63) is 102 Å². The zero-order valence-corrected chi connectivity index (χ0v) is 25.9. The number of likely N-dealkylation sites (tertiary alicyclic amines) is 1. The van der Waals surface area contributed by atoms with Crippen LogP contribution in [0.2, 0.25) is 0 Å². The molecule has 3 aromatic rings. The summed E-state index contributed by atoms with van der Waals surface area (Å²) in [6, 6.07) is 18.6. The fraction of sp³-hybridized carbons (Fsp3) is 0.314. The summed E-state index contributed by atoms with van der Waals surface area (Å²) in [5, 5.41) is 25.7. The van der Waals surface area contributed by atoms with Gasteiger partial charge in [-0.2, -0.15) is 9.37 Å². The maximum absolute atomic E-state index is 14.1. The number of piperidine rings is 1. The second-order valence-electron chi connectivity index (χ2n) is 12.0. The summed E-state index contributed by atoms with van der Waals surface area (Å²) in [7, 11) is 0. The SMILES string of the molecule is C=CC[N+]1(Cc2cccc(O)c2)CCC/C(=[N+](\C(=O)Nc2ccc(C(=O)NC(C)C)cc2)[C@@H](Cc2ccc(O)cc2)C(N)=O)C1.